The van der Waals surface area contributed by atoms with Gasteiger partial charge in [0.2, 0.25) is 0 Å². The Balaban J connectivity index is 0. The summed E-state index contributed by atoms with van der Waals surface area (Å²) in [5.74, 6) is -1.83. The lowest BCUT2D eigenvalue weighted by molar-refractivity contribution is -0.367. The molecule has 0 saturated carbocycles. The molecule has 0 aromatic carbocycles. The van der Waals surface area contributed by atoms with Crippen molar-refractivity contribution in [1.82, 2.24) is 0 Å². The van der Waals surface area contributed by atoms with E-state index in [2.05, 4.69) is 0 Å². The standard InChI is InChI=1S/C8H16O4.C2H4O2/c1-5-6(7(9)10)11-12-8(2,3)4;1-2(3)4/h6H,5H2,1-4H3,(H,9,10);1H3,(H,3,4). The molecule has 6 nitrogen and oxygen atoms in total. The van der Waals surface area contributed by atoms with Crippen molar-refractivity contribution in [3.8, 4) is 0 Å². The molecule has 0 bridgehead atoms. The summed E-state index contributed by atoms with van der Waals surface area (Å²) in [6.07, 6.45) is -0.477. The van der Waals surface area contributed by atoms with Crippen molar-refractivity contribution in [2.24, 2.45) is 0 Å². The third kappa shape index (κ3) is 15.3. The first-order valence-corrected chi connectivity index (χ1v) is 4.87. The van der Waals surface area contributed by atoms with Crippen LogP contribution in [-0.2, 0) is 19.4 Å². The number of carboxylic acids is 2. The minimum atomic E-state index is -0.998. The van der Waals surface area contributed by atoms with Crippen LogP contribution in [0, 0.1) is 0 Å². The molecule has 0 aliphatic carbocycles. The van der Waals surface area contributed by atoms with Gasteiger partial charge >= 0.3 is 5.97 Å². The second kappa shape index (κ2) is 8.06. The molecule has 0 fully saturated rings. The van der Waals surface area contributed by atoms with Crippen LogP contribution in [0.15, 0.2) is 0 Å². The molecule has 0 radical (unpaired) electrons. The predicted octanol–water partition coefficient (Wildman–Crippen LogP) is 1.69. The minimum Gasteiger partial charge on any atom is -0.481 e. The summed E-state index contributed by atoms with van der Waals surface area (Å²) in [6, 6.07) is 0. The van der Waals surface area contributed by atoms with Crippen molar-refractivity contribution >= 4 is 11.9 Å². The van der Waals surface area contributed by atoms with E-state index in [1.54, 1.807) is 27.7 Å². The van der Waals surface area contributed by atoms with Gasteiger partial charge in [-0.1, -0.05) is 6.92 Å². The topological polar surface area (TPSA) is 93.1 Å². The van der Waals surface area contributed by atoms with Gasteiger partial charge in [0.05, 0.1) is 5.60 Å². The SMILES string of the molecule is CC(=O)O.CCC(OOC(C)(C)C)C(=O)O. The van der Waals surface area contributed by atoms with Crippen LogP contribution in [0.5, 0.6) is 0 Å². The van der Waals surface area contributed by atoms with Crippen molar-refractivity contribution in [3.63, 3.8) is 0 Å². The average molecular weight is 236 g/mol. The predicted molar refractivity (Wildman–Crippen MR) is 56.9 cm³/mol. The van der Waals surface area contributed by atoms with E-state index in [9.17, 15) is 4.79 Å². The van der Waals surface area contributed by atoms with Crippen molar-refractivity contribution in [1.29, 1.82) is 0 Å². The maximum atomic E-state index is 10.4. The maximum Gasteiger partial charge on any atom is 0.336 e. The van der Waals surface area contributed by atoms with Crippen LogP contribution in [-0.4, -0.2) is 33.9 Å². The summed E-state index contributed by atoms with van der Waals surface area (Å²) in [5.41, 5.74) is -0.469. The van der Waals surface area contributed by atoms with Crippen LogP contribution in [0.2, 0.25) is 0 Å². The van der Waals surface area contributed by atoms with Crippen LogP contribution in [0.3, 0.4) is 0 Å². The summed E-state index contributed by atoms with van der Waals surface area (Å²) in [5, 5.41) is 16.0. The van der Waals surface area contributed by atoms with Crippen LogP contribution >= 0.6 is 0 Å². The van der Waals surface area contributed by atoms with Gasteiger partial charge in [-0.05, 0) is 27.2 Å². The molecule has 0 aliphatic rings. The zero-order valence-corrected chi connectivity index (χ0v) is 10.3. The maximum absolute atomic E-state index is 10.4. The van der Waals surface area contributed by atoms with Gasteiger partial charge in [-0.2, -0.15) is 0 Å². The Morgan fingerprint density at radius 3 is 1.81 bits per heavy atom. The van der Waals surface area contributed by atoms with Crippen molar-refractivity contribution in [3.05, 3.63) is 0 Å². The van der Waals surface area contributed by atoms with Gasteiger partial charge in [0.1, 0.15) is 0 Å². The molecule has 0 heterocycles. The van der Waals surface area contributed by atoms with E-state index >= 15 is 0 Å². The highest BCUT2D eigenvalue weighted by Gasteiger charge is 2.20. The lowest BCUT2D eigenvalue weighted by Crippen LogP contribution is -2.28. The highest BCUT2D eigenvalue weighted by atomic mass is 17.2. The first-order valence-electron chi connectivity index (χ1n) is 4.87. The summed E-state index contributed by atoms with van der Waals surface area (Å²) >= 11 is 0. The van der Waals surface area contributed by atoms with Gasteiger partial charge in [-0.25, -0.2) is 14.6 Å². The van der Waals surface area contributed by atoms with Crippen molar-refractivity contribution in [2.45, 2.75) is 52.7 Å². The van der Waals surface area contributed by atoms with E-state index < -0.39 is 23.6 Å². The van der Waals surface area contributed by atoms with E-state index in [4.69, 9.17) is 24.8 Å². The Morgan fingerprint density at radius 1 is 1.25 bits per heavy atom. The first kappa shape index (κ1) is 17.3. The second-order valence-corrected chi connectivity index (χ2v) is 4.05. The minimum absolute atomic E-state index is 0.394. The Morgan fingerprint density at radius 2 is 1.62 bits per heavy atom. The summed E-state index contributed by atoms with van der Waals surface area (Å²) < 4.78 is 0. The summed E-state index contributed by atoms with van der Waals surface area (Å²) in [7, 11) is 0. The van der Waals surface area contributed by atoms with Gasteiger partial charge < -0.3 is 10.2 Å². The fourth-order valence-electron chi connectivity index (χ4n) is 0.486. The molecule has 0 amide bonds. The van der Waals surface area contributed by atoms with E-state index in [0.29, 0.717) is 6.42 Å². The van der Waals surface area contributed by atoms with Gasteiger partial charge in [-0.3, -0.25) is 4.79 Å². The van der Waals surface area contributed by atoms with Gasteiger partial charge in [0.25, 0.3) is 5.97 Å². The lowest BCUT2D eigenvalue weighted by atomic mass is 10.2. The molecule has 0 aromatic rings. The normalized spacial score (nSPS) is 12.3. The molecule has 0 saturated heterocycles. The molecule has 0 aliphatic heterocycles. The summed E-state index contributed by atoms with van der Waals surface area (Å²) in [6.45, 7) is 8.19. The van der Waals surface area contributed by atoms with E-state index in [0.717, 1.165) is 6.92 Å². The number of carbonyl (C=O) groups is 2. The third-order valence-electron chi connectivity index (χ3n) is 1.06. The first-order chi connectivity index (χ1) is 7.10. The number of hydrogen-bond acceptors (Lipinski definition) is 4. The lowest BCUT2D eigenvalue weighted by Gasteiger charge is -2.20. The molecule has 96 valence electrons. The molecule has 1 unspecified atom stereocenters. The van der Waals surface area contributed by atoms with Crippen LogP contribution in [0.4, 0.5) is 0 Å². The highest BCUT2D eigenvalue weighted by molar-refractivity contribution is 5.72. The van der Waals surface area contributed by atoms with E-state index in [1.807, 2.05) is 0 Å². The number of rotatable bonds is 4. The van der Waals surface area contributed by atoms with Crippen molar-refractivity contribution in [2.75, 3.05) is 0 Å². The Bertz CT molecular complexity index is 214. The smallest absolute Gasteiger partial charge is 0.336 e. The largest absolute Gasteiger partial charge is 0.481 e. The van der Waals surface area contributed by atoms with Crippen LogP contribution in [0.1, 0.15) is 41.0 Å². The number of aliphatic carboxylic acids is 2. The highest BCUT2D eigenvalue weighted by Crippen LogP contribution is 2.10. The molecule has 6 heteroatoms. The van der Waals surface area contributed by atoms with Gasteiger partial charge in [-0.15, -0.1) is 0 Å². The Kier molecular flexibility index (Phi) is 8.70. The summed E-state index contributed by atoms with van der Waals surface area (Å²) in [4.78, 5) is 29.0. The molecule has 1 atom stereocenters. The molecule has 0 rings (SSSR count). The third-order valence-corrected chi connectivity index (χ3v) is 1.06. The molecule has 0 aromatic heterocycles. The fourth-order valence-corrected chi connectivity index (χ4v) is 0.486. The van der Waals surface area contributed by atoms with Crippen molar-refractivity contribution < 1.29 is 29.6 Å². The monoisotopic (exact) mass is 236 g/mol. The average Bonchev–Trinajstić information content (AvgIpc) is 2.01. The second-order valence-electron chi connectivity index (χ2n) is 4.05. The van der Waals surface area contributed by atoms with Gasteiger partial charge in [0.15, 0.2) is 6.10 Å². The Labute approximate surface area is 95.1 Å². The molecular weight excluding hydrogens is 216 g/mol. The fraction of sp³-hybridized carbons (Fsp3) is 0.800. The number of hydrogen-bond donors (Lipinski definition) is 2. The van der Waals surface area contributed by atoms with E-state index in [-0.39, 0.29) is 0 Å². The molecule has 16 heavy (non-hydrogen) atoms. The molecule has 0 spiro atoms. The molecule has 2 N–H and O–H groups in total. The quantitative estimate of drug-likeness (QED) is 0.570. The van der Waals surface area contributed by atoms with E-state index in [1.165, 1.54) is 0 Å². The van der Waals surface area contributed by atoms with Crippen LogP contribution in [0.25, 0.3) is 0 Å². The van der Waals surface area contributed by atoms with Crippen LogP contribution < -0.4 is 0 Å². The molecular formula is C10H20O6. The zero-order chi connectivity index (χ0) is 13.4. The zero-order valence-electron chi connectivity index (χ0n) is 10.3. The number of carboxylic acid groups (broad SMARTS) is 2. The van der Waals surface area contributed by atoms with Gasteiger partial charge in [0, 0.05) is 6.92 Å². The Hall–Kier alpha value is -1.14.